The van der Waals surface area contributed by atoms with Gasteiger partial charge in [-0.15, -0.1) is 0 Å². The Bertz CT molecular complexity index is 596. The summed E-state index contributed by atoms with van der Waals surface area (Å²) < 4.78 is 5.69. The van der Waals surface area contributed by atoms with Gasteiger partial charge in [0.1, 0.15) is 12.4 Å². The Balaban J connectivity index is 1.76. The molecule has 0 unspecified atom stereocenters. The molecule has 23 heavy (non-hydrogen) atoms. The van der Waals surface area contributed by atoms with E-state index in [0.29, 0.717) is 19.7 Å². The lowest BCUT2D eigenvalue weighted by molar-refractivity contribution is 0.322. The second kappa shape index (κ2) is 9.46. The van der Waals surface area contributed by atoms with E-state index in [1.807, 2.05) is 49.4 Å². The molecule has 1 aromatic heterocycles. The van der Waals surface area contributed by atoms with Crippen molar-refractivity contribution >= 4 is 5.96 Å². The van der Waals surface area contributed by atoms with Gasteiger partial charge in [0.2, 0.25) is 0 Å². The molecule has 0 spiro atoms. The fraction of sp³-hybridized carbons (Fsp3) is 0.333. The molecule has 122 valence electrons. The highest BCUT2D eigenvalue weighted by atomic mass is 16.5. The van der Waals surface area contributed by atoms with Crippen LogP contribution >= 0.6 is 0 Å². The molecule has 1 aromatic carbocycles. The van der Waals surface area contributed by atoms with Crippen molar-refractivity contribution in [3.63, 3.8) is 0 Å². The summed E-state index contributed by atoms with van der Waals surface area (Å²) in [7, 11) is 0. The van der Waals surface area contributed by atoms with Crippen LogP contribution in [0.15, 0.2) is 53.7 Å². The van der Waals surface area contributed by atoms with Crippen molar-refractivity contribution in [2.24, 2.45) is 4.99 Å². The Kier molecular flexibility index (Phi) is 6.91. The second-order valence-corrected chi connectivity index (χ2v) is 5.10. The minimum absolute atomic E-state index is 0.551. The van der Waals surface area contributed by atoms with Gasteiger partial charge in [-0.05, 0) is 38.1 Å². The van der Waals surface area contributed by atoms with Gasteiger partial charge in [0.05, 0.1) is 18.8 Å². The molecule has 1 heterocycles. The standard InChI is InChI=1S/C18H24N4O/c1-3-19-18(22-14-16-6-4-5-11-20-16)21-12-13-23-17-9-7-15(2)8-10-17/h4-11H,3,12-14H2,1-2H3,(H2,19,21,22). The summed E-state index contributed by atoms with van der Waals surface area (Å²) in [6.07, 6.45) is 1.78. The van der Waals surface area contributed by atoms with Crippen LogP contribution in [-0.4, -0.2) is 30.6 Å². The fourth-order valence-corrected chi connectivity index (χ4v) is 1.97. The van der Waals surface area contributed by atoms with E-state index in [-0.39, 0.29) is 0 Å². The zero-order chi connectivity index (χ0) is 16.3. The molecule has 0 saturated carbocycles. The maximum atomic E-state index is 5.69. The Morgan fingerprint density at radius 3 is 2.65 bits per heavy atom. The van der Waals surface area contributed by atoms with Gasteiger partial charge < -0.3 is 15.4 Å². The number of rotatable bonds is 7. The normalized spacial score (nSPS) is 11.1. The topological polar surface area (TPSA) is 58.5 Å². The molecule has 0 saturated heterocycles. The summed E-state index contributed by atoms with van der Waals surface area (Å²) in [5, 5.41) is 6.47. The van der Waals surface area contributed by atoms with E-state index >= 15 is 0 Å². The molecule has 0 radical (unpaired) electrons. The number of nitrogens with one attached hydrogen (secondary N) is 2. The van der Waals surface area contributed by atoms with Crippen molar-refractivity contribution in [1.82, 2.24) is 15.6 Å². The smallest absolute Gasteiger partial charge is 0.191 e. The molecule has 0 bridgehead atoms. The molecule has 0 atom stereocenters. The highest BCUT2D eigenvalue weighted by Crippen LogP contribution is 2.10. The Labute approximate surface area is 137 Å². The first-order valence-electron chi connectivity index (χ1n) is 7.89. The Hall–Kier alpha value is -2.56. The quantitative estimate of drug-likeness (QED) is 0.468. The zero-order valence-corrected chi connectivity index (χ0v) is 13.7. The first-order chi connectivity index (χ1) is 11.3. The molecule has 0 aliphatic heterocycles. The van der Waals surface area contributed by atoms with Gasteiger partial charge in [0.25, 0.3) is 0 Å². The summed E-state index contributed by atoms with van der Waals surface area (Å²) in [5.41, 5.74) is 2.17. The van der Waals surface area contributed by atoms with Gasteiger partial charge in [0, 0.05) is 12.7 Å². The summed E-state index contributed by atoms with van der Waals surface area (Å²) >= 11 is 0. The molecule has 0 aliphatic rings. The van der Waals surface area contributed by atoms with E-state index in [2.05, 4.69) is 27.5 Å². The molecule has 2 aromatic rings. The van der Waals surface area contributed by atoms with Gasteiger partial charge in [0.15, 0.2) is 5.96 Å². The van der Waals surface area contributed by atoms with E-state index in [1.165, 1.54) is 5.56 Å². The van der Waals surface area contributed by atoms with Crippen LogP contribution in [0.1, 0.15) is 18.2 Å². The van der Waals surface area contributed by atoms with E-state index < -0.39 is 0 Å². The van der Waals surface area contributed by atoms with E-state index in [1.54, 1.807) is 6.20 Å². The molecule has 5 heteroatoms. The predicted molar refractivity (Wildman–Crippen MR) is 93.7 cm³/mol. The number of nitrogens with zero attached hydrogens (tertiary/aromatic N) is 2. The number of pyridine rings is 1. The molecular formula is C18H24N4O. The molecule has 0 aliphatic carbocycles. The first-order valence-corrected chi connectivity index (χ1v) is 7.89. The van der Waals surface area contributed by atoms with Crippen molar-refractivity contribution in [3.8, 4) is 5.75 Å². The van der Waals surface area contributed by atoms with Crippen LogP contribution in [0.4, 0.5) is 0 Å². The average Bonchev–Trinajstić information content (AvgIpc) is 2.59. The lowest BCUT2D eigenvalue weighted by Crippen LogP contribution is -2.39. The second-order valence-electron chi connectivity index (χ2n) is 5.10. The minimum atomic E-state index is 0.551. The van der Waals surface area contributed by atoms with Crippen molar-refractivity contribution in [2.75, 3.05) is 19.7 Å². The molecule has 2 N–H and O–H groups in total. The van der Waals surface area contributed by atoms with Crippen LogP contribution < -0.4 is 15.4 Å². The van der Waals surface area contributed by atoms with E-state index in [4.69, 9.17) is 4.74 Å². The van der Waals surface area contributed by atoms with Gasteiger partial charge in [-0.3, -0.25) is 4.98 Å². The largest absolute Gasteiger partial charge is 0.492 e. The first kappa shape index (κ1) is 16.8. The maximum Gasteiger partial charge on any atom is 0.191 e. The van der Waals surface area contributed by atoms with Gasteiger partial charge in [-0.25, -0.2) is 4.99 Å². The van der Waals surface area contributed by atoms with Crippen LogP contribution in [0.2, 0.25) is 0 Å². The number of hydrogen-bond donors (Lipinski definition) is 2. The van der Waals surface area contributed by atoms with Gasteiger partial charge in [-0.2, -0.15) is 0 Å². The fourth-order valence-electron chi connectivity index (χ4n) is 1.97. The predicted octanol–water partition coefficient (Wildman–Crippen LogP) is 2.52. The zero-order valence-electron chi connectivity index (χ0n) is 13.7. The number of benzene rings is 1. The van der Waals surface area contributed by atoms with Crippen molar-refractivity contribution < 1.29 is 4.74 Å². The minimum Gasteiger partial charge on any atom is -0.492 e. The summed E-state index contributed by atoms with van der Waals surface area (Å²) in [4.78, 5) is 8.78. The van der Waals surface area contributed by atoms with E-state index in [0.717, 1.165) is 23.9 Å². The third kappa shape index (κ3) is 6.38. The van der Waals surface area contributed by atoms with E-state index in [9.17, 15) is 0 Å². The third-order valence-electron chi connectivity index (χ3n) is 3.15. The van der Waals surface area contributed by atoms with Gasteiger partial charge in [-0.1, -0.05) is 23.8 Å². The number of guanidine groups is 1. The van der Waals surface area contributed by atoms with Crippen LogP contribution in [0.25, 0.3) is 0 Å². The SMILES string of the molecule is CCNC(=NCc1ccccn1)NCCOc1ccc(C)cc1. The van der Waals surface area contributed by atoms with Crippen LogP contribution in [0.5, 0.6) is 5.75 Å². The number of aliphatic imine (C=N–C) groups is 1. The van der Waals surface area contributed by atoms with Crippen molar-refractivity contribution in [1.29, 1.82) is 0 Å². The Morgan fingerprint density at radius 2 is 1.96 bits per heavy atom. The maximum absolute atomic E-state index is 5.69. The van der Waals surface area contributed by atoms with Crippen LogP contribution in [-0.2, 0) is 6.54 Å². The lowest BCUT2D eigenvalue weighted by Gasteiger charge is -2.12. The molecule has 0 fully saturated rings. The highest BCUT2D eigenvalue weighted by Gasteiger charge is 1.98. The van der Waals surface area contributed by atoms with Crippen molar-refractivity contribution in [2.45, 2.75) is 20.4 Å². The summed E-state index contributed by atoms with van der Waals surface area (Å²) in [6, 6.07) is 13.9. The highest BCUT2D eigenvalue weighted by molar-refractivity contribution is 5.79. The van der Waals surface area contributed by atoms with Gasteiger partial charge >= 0.3 is 0 Å². The third-order valence-corrected chi connectivity index (χ3v) is 3.15. The number of hydrogen-bond acceptors (Lipinski definition) is 3. The number of aryl methyl sites for hydroxylation is 1. The Morgan fingerprint density at radius 1 is 1.13 bits per heavy atom. The summed E-state index contributed by atoms with van der Waals surface area (Å²) in [5.74, 6) is 1.65. The number of ether oxygens (including phenoxy) is 1. The monoisotopic (exact) mass is 312 g/mol. The number of aromatic nitrogens is 1. The molecule has 2 rings (SSSR count). The molecular weight excluding hydrogens is 288 g/mol. The molecule has 0 amide bonds. The average molecular weight is 312 g/mol. The van der Waals surface area contributed by atoms with Crippen molar-refractivity contribution in [3.05, 3.63) is 59.9 Å². The van der Waals surface area contributed by atoms with Crippen LogP contribution in [0, 0.1) is 6.92 Å². The molecule has 5 nitrogen and oxygen atoms in total. The van der Waals surface area contributed by atoms with Crippen LogP contribution in [0.3, 0.4) is 0 Å². The lowest BCUT2D eigenvalue weighted by atomic mass is 10.2. The summed E-state index contributed by atoms with van der Waals surface area (Å²) in [6.45, 7) is 6.73.